The fraction of sp³-hybridized carbons (Fsp3) is 0.538. The standard InChI is InChI=1S/C13H22N2O2/c1-14-8-7-12(15-2)11-9-10(16-3)5-6-13(11)17-4/h5-6,9,12,14-15H,7-8H2,1-4H3. The van der Waals surface area contributed by atoms with Crippen LogP contribution in [0.3, 0.4) is 0 Å². The summed E-state index contributed by atoms with van der Waals surface area (Å²) in [5.74, 6) is 1.74. The summed E-state index contributed by atoms with van der Waals surface area (Å²) in [4.78, 5) is 0. The van der Waals surface area contributed by atoms with Gasteiger partial charge < -0.3 is 20.1 Å². The monoisotopic (exact) mass is 238 g/mol. The van der Waals surface area contributed by atoms with Crippen molar-refractivity contribution in [2.45, 2.75) is 12.5 Å². The molecular formula is C13H22N2O2. The molecule has 1 aromatic rings. The molecule has 0 saturated carbocycles. The van der Waals surface area contributed by atoms with E-state index < -0.39 is 0 Å². The molecule has 0 aliphatic rings. The van der Waals surface area contributed by atoms with Gasteiger partial charge in [-0.3, -0.25) is 0 Å². The lowest BCUT2D eigenvalue weighted by atomic mass is 10.0. The molecule has 4 heteroatoms. The van der Waals surface area contributed by atoms with Gasteiger partial charge >= 0.3 is 0 Å². The number of methoxy groups -OCH3 is 2. The zero-order chi connectivity index (χ0) is 12.7. The van der Waals surface area contributed by atoms with Crippen LogP contribution in [0.15, 0.2) is 18.2 Å². The summed E-state index contributed by atoms with van der Waals surface area (Å²) in [6.45, 7) is 0.950. The lowest BCUT2D eigenvalue weighted by molar-refractivity contribution is 0.389. The van der Waals surface area contributed by atoms with E-state index >= 15 is 0 Å². The van der Waals surface area contributed by atoms with Crippen molar-refractivity contribution in [3.63, 3.8) is 0 Å². The first-order chi connectivity index (χ1) is 8.26. The van der Waals surface area contributed by atoms with Gasteiger partial charge in [-0.05, 0) is 45.3 Å². The van der Waals surface area contributed by atoms with Crippen LogP contribution in [-0.2, 0) is 0 Å². The molecule has 0 heterocycles. The van der Waals surface area contributed by atoms with Gasteiger partial charge in [0.2, 0.25) is 0 Å². The second-order valence-electron chi connectivity index (χ2n) is 3.84. The van der Waals surface area contributed by atoms with Gasteiger partial charge in [0.05, 0.1) is 14.2 Å². The van der Waals surface area contributed by atoms with Gasteiger partial charge in [-0.15, -0.1) is 0 Å². The third kappa shape index (κ3) is 3.61. The molecule has 96 valence electrons. The van der Waals surface area contributed by atoms with Crippen LogP contribution in [0.1, 0.15) is 18.0 Å². The molecule has 0 spiro atoms. The van der Waals surface area contributed by atoms with E-state index in [4.69, 9.17) is 9.47 Å². The van der Waals surface area contributed by atoms with Gasteiger partial charge in [-0.25, -0.2) is 0 Å². The maximum Gasteiger partial charge on any atom is 0.123 e. The first kappa shape index (κ1) is 13.8. The first-order valence-electron chi connectivity index (χ1n) is 5.80. The molecule has 0 aliphatic heterocycles. The summed E-state index contributed by atoms with van der Waals surface area (Å²) in [6.07, 6.45) is 0.997. The van der Waals surface area contributed by atoms with Crippen LogP contribution in [0.5, 0.6) is 11.5 Å². The molecule has 17 heavy (non-hydrogen) atoms. The maximum atomic E-state index is 5.39. The van der Waals surface area contributed by atoms with Gasteiger partial charge in [0.15, 0.2) is 0 Å². The fourth-order valence-corrected chi connectivity index (χ4v) is 1.86. The van der Waals surface area contributed by atoms with Gasteiger partial charge in [-0.2, -0.15) is 0 Å². The van der Waals surface area contributed by atoms with Crippen LogP contribution >= 0.6 is 0 Å². The highest BCUT2D eigenvalue weighted by Gasteiger charge is 2.14. The summed E-state index contributed by atoms with van der Waals surface area (Å²) in [7, 11) is 7.28. The minimum absolute atomic E-state index is 0.257. The first-order valence-corrected chi connectivity index (χ1v) is 5.80. The van der Waals surface area contributed by atoms with E-state index in [1.165, 1.54) is 0 Å². The summed E-state index contributed by atoms with van der Waals surface area (Å²) in [5, 5.41) is 6.46. The predicted octanol–water partition coefficient (Wildman–Crippen LogP) is 1.57. The normalized spacial score (nSPS) is 12.2. The SMILES string of the molecule is CNCCC(NC)c1cc(OC)ccc1OC. The Kier molecular flexibility index (Phi) is 5.80. The number of benzene rings is 1. The Balaban J connectivity index is 2.97. The van der Waals surface area contributed by atoms with Crippen LogP contribution < -0.4 is 20.1 Å². The van der Waals surface area contributed by atoms with Crippen LogP contribution in [0.2, 0.25) is 0 Å². The Morgan fingerprint density at radius 2 is 1.94 bits per heavy atom. The van der Waals surface area contributed by atoms with Crippen LogP contribution in [0.4, 0.5) is 0 Å². The molecule has 1 atom stereocenters. The predicted molar refractivity (Wildman–Crippen MR) is 69.9 cm³/mol. The van der Waals surface area contributed by atoms with Crippen molar-refractivity contribution in [3.05, 3.63) is 23.8 Å². The van der Waals surface area contributed by atoms with Gasteiger partial charge in [-0.1, -0.05) is 0 Å². The molecule has 1 unspecified atom stereocenters. The molecule has 1 aromatic carbocycles. The van der Waals surface area contributed by atoms with E-state index in [1.807, 2.05) is 32.3 Å². The van der Waals surface area contributed by atoms with Crippen molar-refractivity contribution >= 4 is 0 Å². The Morgan fingerprint density at radius 1 is 1.18 bits per heavy atom. The highest BCUT2D eigenvalue weighted by Crippen LogP contribution is 2.30. The number of nitrogens with one attached hydrogen (secondary N) is 2. The van der Waals surface area contributed by atoms with Crippen molar-refractivity contribution in [3.8, 4) is 11.5 Å². The molecule has 0 bridgehead atoms. The third-order valence-electron chi connectivity index (χ3n) is 2.84. The van der Waals surface area contributed by atoms with Crippen molar-refractivity contribution < 1.29 is 9.47 Å². The van der Waals surface area contributed by atoms with Crippen LogP contribution in [-0.4, -0.2) is 34.9 Å². The van der Waals surface area contributed by atoms with Gasteiger partial charge in [0, 0.05) is 11.6 Å². The highest BCUT2D eigenvalue weighted by molar-refractivity contribution is 5.42. The zero-order valence-corrected chi connectivity index (χ0v) is 11.0. The highest BCUT2D eigenvalue weighted by atomic mass is 16.5. The molecule has 1 rings (SSSR count). The second-order valence-corrected chi connectivity index (χ2v) is 3.84. The molecular weight excluding hydrogens is 216 g/mol. The van der Waals surface area contributed by atoms with Gasteiger partial charge in [0.25, 0.3) is 0 Å². The summed E-state index contributed by atoms with van der Waals surface area (Å²) in [6, 6.07) is 6.13. The zero-order valence-electron chi connectivity index (χ0n) is 11.0. The third-order valence-corrected chi connectivity index (χ3v) is 2.84. The molecule has 0 radical (unpaired) electrons. The molecule has 0 fully saturated rings. The fourth-order valence-electron chi connectivity index (χ4n) is 1.86. The summed E-state index contributed by atoms with van der Waals surface area (Å²) < 4.78 is 10.6. The molecule has 0 amide bonds. The Morgan fingerprint density at radius 3 is 2.47 bits per heavy atom. The molecule has 0 aromatic heterocycles. The number of hydrogen-bond donors (Lipinski definition) is 2. The molecule has 2 N–H and O–H groups in total. The largest absolute Gasteiger partial charge is 0.497 e. The Hall–Kier alpha value is -1.26. The number of hydrogen-bond acceptors (Lipinski definition) is 4. The van der Waals surface area contributed by atoms with E-state index in [0.29, 0.717) is 0 Å². The number of ether oxygens (including phenoxy) is 2. The van der Waals surface area contributed by atoms with Crippen molar-refractivity contribution in [2.75, 3.05) is 34.9 Å². The van der Waals surface area contributed by atoms with E-state index in [9.17, 15) is 0 Å². The summed E-state index contributed by atoms with van der Waals surface area (Å²) >= 11 is 0. The number of rotatable bonds is 7. The summed E-state index contributed by atoms with van der Waals surface area (Å²) in [5.41, 5.74) is 1.13. The lowest BCUT2D eigenvalue weighted by Crippen LogP contribution is -2.22. The topological polar surface area (TPSA) is 42.5 Å². The quantitative estimate of drug-likeness (QED) is 0.757. The Bertz CT molecular complexity index is 342. The van der Waals surface area contributed by atoms with Crippen molar-refractivity contribution in [1.82, 2.24) is 10.6 Å². The minimum Gasteiger partial charge on any atom is -0.497 e. The minimum atomic E-state index is 0.257. The van der Waals surface area contributed by atoms with Crippen molar-refractivity contribution in [1.29, 1.82) is 0 Å². The van der Waals surface area contributed by atoms with Gasteiger partial charge in [0.1, 0.15) is 11.5 Å². The van der Waals surface area contributed by atoms with Crippen LogP contribution in [0, 0.1) is 0 Å². The van der Waals surface area contributed by atoms with E-state index in [0.717, 1.165) is 30.0 Å². The van der Waals surface area contributed by atoms with E-state index in [-0.39, 0.29) is 6.04 Å². The molecule has 0 aliphatic carbocycles. The van der Waals surface area contributed by atoms with Crippen LogP contribution in [0.25, 0.3) is 0 Å². The average molecular weight is 238 g/mol. The molecule has 0 saturated heterocycles. The lowest BCUT2D eigenvalue weighted by Gasteiger charge is -2.20. The molecule has 4 nitrogen and oxygen atoms in total. The average Bonchev–Trinajstić information content (AvgIpc) is 2.39. The van der Waals surface area contributed by atoms with E-state index in [1.54, 1.807) is 14.2 Å². The second kappa shape index (κ2) is 7.14. The Labute approximate surface area is 103 Å². The van der Waals surface area contributed by atoms with E-state index in [2.05, 4.69) is 10.6 Å². The smallest absolute Gasteiger partial charge is 0.123 e. The van der Waals surface area contributed by atoms with Crippen molar-refractivity contribution in [2.24, 2.45) is 0 Å². The maximum absolute atomic E-state index is 5.39.